The minimum Gasteiger partial charge on any atom is -0.322 e. The number of thiophene rings is 1. The summed E-state index contributed by atoms with van der Waals surface area (Å²) in [5.74, 6) is 0. The van der Waals surface area contributed by atoms with E-state index in [1.807, 2.05) is 70.7 Å². The molecule has 4 aromatic heterocycles. The highest BCUT2D eigenvalue weighted by Gasteiger charge is 2.15. The number of nitrogens with zero attached hydrogens (tertiary/aromatic N) is 4. The van der Waals surface area contributed by atoms with Crippen LogP contribution in [0.4, 0.5) is 0 Å². The quantitative estimate of drug-likeness (QED) is 0.467. The van der Waals surface area contributed by atoms with Gasteiger partial charge in [0, 0.05) is 28.9 Å². The summed E-state index contributed by atoms with van der Waals surface area (Å²) in [6, 6.07) is 17.8. The number of benzene rings is 1. The Morgan fingerprint density at radius 3 is 2.75 bits per heavy atom. The summed E-state index contributed by atoms with van der Waals surface area (Å²) in [4.78, 5) is 18.5. The fourth-order valence-electron chi connectivity index (χ4n) is 3.52. The summed E-state index contributed by atoms with van der Waals surface area (Å²) in [6.45, 7) is 0.302. The van der Waals surface area contributed by atoms with Crippen LogP contribution in [0.5, 0.6) is 0 Å². The Morgan fingerprint density at radius 2 is 1.93 bits per heavy atom. The molecule has 1 aromatic carbocycles. The molecule has 0 saturated carbocycles. The van der Waals surface area contributed by atoms with Crippen LogP contribution in [0.1, 0.15) is 11.1 Å². The smallest absolute Gasteiger partial charge is 0.263 e. The first kappa shape index (κ1) is 16.5. The van der Waals surface area contributed by atoms with E-state index in [0.717, 1.165) is 27.0 Å². The molecule has 0 aliphatic rings. The number of hydrogen-bond acceptors (Lipinski definition) is 4. The topological polar surface area (TPSA) is 63.1 Å². The van der Waals surface area contributed by atoms with E-state index in [4.69, 9.17) is 0 Å². The van der Waals surface area contributed by atoms with Crippen LogP contribution in [0.2, 0.25) is 0 Å². The van der Waals surface area contributed by atoms with E-state index in [2.05, 4.69) is 11.1 Å². The molecule has 0 spiro atoms. The second kappa shape index (κ2) is 6.48. The molecule has 0 fully saturated rings. The molecule has 28 heavy (non-hydrogen) atoms. The van der Waals surface area contributed by atoms with Crippen molar-refractivity contribution < 1.29 is 0 Å². The van der Waals surface area contributed by atoms with Gasteiger partial charge in [0.05, 0.1) is 29.3 Å². The van der Waals surface area contributed by atoms with Gasteiger partial charge in [-0.2, -0.15) is 5.26 Å². The summed E-state index contributed by atoms with van der Waals surface area (Å²) < 4.78 is 3.49. The van der Waals surface area contributed by atoms with E-state index in [1.165, 1.54) is 11.3 Å². The lowest BCUT2D eigenvalue weighted by Crippen LogP contribution is -2.21. The zero-order valence-corrected chi connectivity index (χ0v) is 15.6. The van der Waals surface area contributed by atoms with Crippen molar-refractivity contribution >= 4 is 27.1 Å². The van der Waals surface area contributed by atoms with Crippen LogP contribution < -0.4 is 5.56 Å². The van der Waals surface area contributed by atoms with Crippen LogP contribution >= 0.6 is 11.3 Å². The Balaban J connectivity index is 1.66. The fraction of sp³-hybridized carbons (Fsp3) is 0.0455. The van der Waals surface area contributed by atoms with Crippen molar-refractivity contribution in [2.75, 3.05) is 0 Å². The van der Waals surface area contributed by atoms with E-state index < -0.39 is 0 Å². The predicted molar refractivity (Wildman–Crippen MR) is 111 cm³/mol. The third-order valence-electron chi connectivity index (χ3n) is 4.86. The van der Waals surface area contributed by atoms with Crippen molar-refractivity contribution in [1.82, 2.24) is 14.0 Å². The van der Waals surface area contributed by atoms with Gasteiger partial charge in [0.2, 0.25) is 0 Å². The first-order valence-electron chi connectivity index (χ1n) is 8.77. The second-order valence-electron chi connectivity index (χ2n) is 6.51. The van der Waals surface area contributed by atoms with Crippen molar-refractivity contribution in [3.8, 4) is 17.2 Å². The van der Waals surface area contributed by atoms with Crippen LogP contribution in [0.25, 0.3) is 26.9 Å². The zero-order valence-electron chi connectivity index (χ0n) is 14.7. The van der Waals surface area contributed by atoms with Gasteiger partial charge in [0.25, 0.3) is 5.56 Å². The number of aromatic nitrogens is 3. The molecule has 0 aliphatic heterocycles. The van der Waals surface area contributed by atoms with Gasteiger partial charge in [-0.25, -0.2) is 4.98 Å². The number of rotatable bonds is 3. The molecule has 5 rings (SSSR count). The molecular formula is C22H14N4OS. The maximum Gasteiger partial charge on any atom is 0.263 e. The van der Waals surface area contributed by atoms with Gasteiger partial charge >= 0.3 is 0 Å². The van der Waals surface area contributed by atoms with Crippen LogP contribution in [0, 0.1) is 11.3 Å². The molecule has 0 unspecified atom stereocenters. The highest BCUT2D eigenvalue weighted by atomic mass is 32.1. The molecule has 6 heteroatoms. The molecule has 0 bridgehead atoms. The van der Waals surface area contributed by atoms with Crippen LogP contribution in [0.15, 0.2) is 77.4 Å². The molecule has 5 nitrogen and oxygen atoms in total. The van der Waals surface area contributed by atoms with E-state index in [1.54, 1.807) is 10.9 Å². The average Bonchev–Trinajstić information content (AvgIpc) is 3.32. The lowest BCUT2D eigenvalue weighted by Gasteiger charge is -2.05. The van der Waals surface area contributed by atoms with Crippen molar-refractivity contribution in [2.24, 2.45) is 0 Å². The lowest BCUT2D eigenvalue weighted by atomic mass is 10.1. The number of fused-ring (bicyclic) bond motifs is 2. The molecule has 0 N–H and O–H groups in total. The van der Waals surface area contributed by atoms with Gasteiger partial charge in [-0.1, -0.05) is 36.4 Å². The Hall–Kier alpha value is -3.69. The molecule has 0 saturated heterocycles. The largest absolute Gasteiger partial charge is 0.322 e. The summed E-state index contributed by atoms with van der Waals surface area (Å²) in [5.41, 5.74) is 4.02. The highest BCUT2D eigenvalue weighted by Crippen LogP contribution is 2.30. The van der Waals surface area contributed by atoms with Gasteiger partial charge in [-0.15, -0.1) is 11.3 Å². The van der Waals surface area contributed by atoms with Crippen molar-refractivity contribution in [3.63, 3.8) is 0 Å². The summed E-state index contributed by atoms with van der Waals surface area (Å²) in [6.07, 6.45) is 5.37. The van der Waals surface area contributed by atoms with Crippen molar-refractivity contribution in [1.29, 1.82) is 5.26 Å². The van der Waals surface area contributed by atoms with Crippen molar-refractivity contribution in [3.05, 3.63) is 94.1 Å². The SMILES string of the molecule is N#Cc1c(Cn2cnc3scc(-c4ccccc4)c3c2=O)cn2ccccc12. The first-order chi connectivity index (χ1) is 13.8. The summed E-state index contributed by atoms with van der Waals surface area (Å²) in [7, 11) is 0. The third kappa shape index (κ3) is 2.53. The van der Waals surface area contributed by atoms with E-state index in [9.17, 15) is 10.1 Å². The maximum atomic E-state index is 13.2. The van der Waals surface area contributed by atoms with Gasteiger partial charge in [-0.05, 0) is 17.7 Å². The Morgan fingerprint density at radius 1 is 1.11 bits per heavy atom. The Bertz CT molecular complexity index is 1420. The third-order valence-corrected chi connectivity index (χ3v) is 5.75. The number of hydrogen-bond donors (Lipinski definition) is 0. The van der Waals surface area contributed by atoms with Gasteiger partial charge in [-0.3, -0.25) is 9.36 Å². The molecule has 0 amide bonds. The predicted octanol–water partition coefficient (Wildman–Crippen LogP) is 4.30. The lowest BCUT2D eigenvalue weighted by molar-refractivity contribution is 0.748. The highest BCUT2D eigenvalue weighted by molar-refractivity contribution is 7.17. The zero-order chi connectivity index (χ0) is 19.1. The Labute approximate surface area is 164 Å². The average molecular weight is 382 g/mol. The first-order valence-corrected chi connectivity index (χ1v) is 9.65. The second-order valence-corrected chi connectivity index (χ2v) is 7.37. The molecule has 134 valence electrons. The van der Waals surface area contributed by atoms with Gasteiger partial charge in [0.1, 0.15) is 10.9 Å². The molecule has 5 aromatic rings. The minimum atomic E-state index is -0.0933. The Kier molecular flexibility index (Phi) is 3.81. The summed E-state index contributed by atoms with van der Waals surface area (Å²) in [5, 5.41) is 12.2. The van der Waals surface area contributed by atoms with E-state index in [0.29, 0.717) is 17.5 Å². The fourth-order valence-corrected chi connectivity index (χ4v) is 4.43. The van der Waals surface area contributed by atoms with E-state index >= 15 is 0 Å². The normalized spacial score (nSPS) is 11.1. The number of nitriles is 1. The van der Waals surface area contributed by atoms with Gasteiger partial charge < -0.3 is 4.40 Å². The maximum absolute atomic E-state index is 13.2. The van der Waals surface area contributed by atoms with Crippen LogP contribution in [-0.4, -0.2) is 14.0 Å². The minimum absolute atomic E-state index is 0.0933. The molecule has 0 aliphatic carbocycles. The molecule has 4 heterocycles. The van der Waals surface area contributed by atoms with Crippen LogP contribution in [-0.2, 0) is 6.54 Å². The standard InChI is InChI=1S/C22H14N4OS/c23-10-17-16(11-25-9-5-4-8-19(17)25)12-26-14-24-21-20(22(26)27)18(13-28-21)15-6-2-1-3-7-15/h1-9,11,13-14H,12H2. The van der Waals surface area contributed by atoms with Crippen molar-refractivity contribution in [2.45, 2.75) is 6.54 Å². The summed E-state index contributed by atoms with van der Waals surface area (Å²) >= 11 is 1.47. The molecule has 0 atom stereocenters. The monoisotopic (exact) mass is 382 g/mol. The molecule has 0 radical (unpaired) electrons. The number of pyridine rings is 1. The molecular weight excluding hydrogens is 368 g/mol. The van der Waals surface area contributed by atoms with Gasteiger partial charge in [0.15, 0.2) is 0 Å². The van der Waals surface area contributed by atoms with Crippen LogP contribution in [0.3, 0.4) is 0 Å². The van der Waals surface area contributed by atoms with E-state index in [-0.39, 0.29) is 5.56 Å².